The minimum atomic E-state index is -1.05. The maximum Gasteiger partial charge on any atom is 0.309 e. The van der Waals surface area contributed by atoms with Crippen LogP contribution < -0.4 is 0 Å². The molecule has 0 saturated heterocycles. The molecule has 0 aliphatic heterocycles. The van der Waals surface area contributed by atoms with Gasteiger partial charge in [-0.25, -0.2) is 0 Å². The minimum absolute atomic E-state index is 0.375. The average molecular weight is 168 g/mol. The van der Waals surface area contributed by atoms with Gasteiger partial charge in [0, 0.05) is 0 Å². The smallest absolute Gasteiger partial charge is 0.309 e. The average Bonchev–Trinajstić information content (AvgIpc) is 2.04. The van der Waals surface area contributed by atoms with Crippen molar-refractivity contribution in [3.63, 3.8) is 0 Å². The number of hydrogen-bond donors (Lipinski definition) is 2. The highest BCUT2D eigenvalue weighted by molar-refractivity contribution is 5.72. The van der Waals surface area contributed by atoms with E-state index < -0.39 is 17.5 Å². The Balaban J connectivity index is 2.30. The van der Waals surface area contributed by atoms with Crippen LogP contribution in [-0.2, 0) is 4.79 Å². The lowest BCUT2D eigenvalue weighted by Crippen LogP contribution is -2.47. The van der Waals surface area contributed by atoms with E-state index in [9.17, 15) is 9.90 Å². The molecule has 3 aliphatic rings. The molecular formula is C9H12O3. The third-order valence-electron chi connectivity index (χ3n) is 3.01. The van der Waals surface area contributed by atoms with Gasteiger partial charge in [-0.1, -0.05) is 12.2 Å². The first-order valence-corrected chi connectivity index (χ1v) is 4.26. The zero-order chi connectivity index (χ0) is 8.77. The van der Waals surface area contributed by atoms with Gasteiger partial charge >= 0.3 is 5.97 Å². The van der Waals surface area contributed by atoms with E-state index in [1.165, 1.54) is 0 Å². The summed E-state index contributed by atoms with van der Waals surface area (Å²) < 4.78 is 0. The normalized spacial score (nSPS) is 44.8. The first kappa shape index (κ1) is 7.80. The Morgan fingerprint density at radius 3 is 2.67 bits per heavy atom. The summed E-state index contributed by atoms with van der Waals surface area (Å²) in [4.78, 5) is 10.8. The second kappa shape index (κ2) is 2.33. The zero-order valence-corrected chi connectivity index (χ0v) is 6.73. The van der Waals surface area contributed by atoms with Crippen LogP contribution in [-0.4, -0.2) is 21.8 Å². The van der Waals surface area contributed by atoms with Gasteiger partial charge in [-0.3, -0.25) is 4.79 Å². The highest BCUT2D eigenvalue weighted by Gasteiger charge is 2.46. The first-order valence-electron chi connectivity index (χ1n) is 4.26. The maximum atomic E-state index is 10.8. The van der Waals surface area contributed by atoms with Crippen molar-refractivity contribution in [3.05, 3.63) is 12.2 Å². The number of carboxylic acid groups (broad SMARTS) is 1. The third-order valence-corrected chi connectivity index (χ3v) is 3.01. The lowest BCUT2D eigenvalue weighted by atomic mass is 9.66. The molecule has 3 heteroatoms. The van der Waals surface area contributed by atoms with Crippen LogP contribution in [0.25, 0.3) is 0 Å². The second-order valence-corrected chi connectivity index (χ2v) is 3.78. The number of carboxylic acids is 1. The van der Waals surface area contributed by atoms with Crippen molar-refractivity contribution in [3.8, 4) is 0 Å². The molecule has 3 nitrogen and oxygen atoms in total. The molecule has 0 heterocycles. The largest absolute Gasteiger partial charge is 0.481 e. The molecule has 12 heavy (non-hydrogen) atoms. The Hall–Kier alpha value is -0.830. The van der Waals surface area contributed by atoms with Crippen LogP contribution in [0.3, 0.4) is 0 Å². The predicted molar refractivity (Wildman–Crippen MR) is 42.6 cm³/mol. The van der Waals surface area contributed by atoms with Crippen molar-refractivity contribution in [2.45, 2.75) is 24.9 Å². The molecule has 3 aliphatic carbocycles. The monoisotopic (exact) mass is 168 g/mol. The number of aliphatic carboxylic acids is 1. The number of hydrogen-bond acceptors (Lipinski definition) is 2. The molecule has 0 aromatic rings. The number of aliphatic hydroxyl groups is 1. The SMILES string of the molecule is O=C(O)C1CC2C=CC1(O)CC2. The van der Waals surface area contributed by atoms with Crippen LogP contribution in [0, 0.1) is 11.8 Å². The lowest BCUT2D eigenvalue weighted by molar-refractivity contribution is -0.153. The number of fused-ring (bicyclic) bond motifs is 2. The maximum absolute atomic E-state index is 10.8. The van der Waals surface area contributed by atoms with Gasteiger partial charge < -0.3 is 10.2 Å². The van der Waals surface area contributed by atoms with Crippen LogP contribution >= 0.6 is 0 Å². The molecule has 66 valence electrons. The Kier molecular flexibility index (Phi) is 1.51. The van der Waals surface area contributed by atoms with E-state index in [4.69, 9.17) is 5.11 Å². The molecule has 3 rings (SSSR count). The molecule has 2 bridgehead atoms. The zero-order valence-electron chi connectivity index (χ0n) is 6.73. The molecule has 2 N–H and O–H groups in total. The van der Waals surface area contributed by atoms with Gasteiger partial charge in [0.05, 0.1) is 11.5 Å². The van der Waals surface area contributed by atoms with E-state index >= 15 is 0 Å². The fourth-order valence-corrected chi connectivity index (χ4v) is 2.21. The molecule has 0 amide bonds. The van der Waals surface area contributed by atoms with Crippen LogP contribution in [0.15, 0.2) is 12.2 Å². The van der Waals surface area contributed by atoms with E-state index in [-0.39, 0.29) is 0 Å². The van der Waals surface area contributed by atoms with Crippen LogP contribution in [0.2, 0.25) is 0 Å². The van der Waals surface area contributed by atoms with E-state index in [2.05, 4.69) is 0 Å². The molecule has 3 atom stereocenters. The number of carbonyl (C=O) groups is 1. The Morgan fingerprint density at radius 2 is 2.33 bits per heavy atom. The highest BCUT2D eigenvalue weighted by Crippen LogP contribution is 2.43. The summed E-state index contributed by atoms with van der Waals surface area (Å²) in [6.45, 7) is 0. The van der Waals surface area contributed by atoms with Crippen molar-refractivity contribution >= 4 is 5.97 Å². The Bertz CT molecular complexity index is 246. The molecule has 1 saturated carbocycles. The first-order chi connectivity index (χ1) is 5.62. The third kappa shape index (κ3) is 0.966. The Labute approximate surface area is 70.7 Å². The number of allylic oxidation sites excluding steroid dienone is 1. The Morgan fingerprint density at radius 1 is 1.58 bits per heavy atom. The van der Waals surface area contributed by atoms with Gasteiger partial charge in [-0.05, 0) is 25.2 Å². The summed E-state index contributed by atoms with van der Waals surface area (Å²) in [5, 5.41) is 18.7. The lowest BCUT2D eigenvalue weighted by Gasteiger charge is -2.42. The van der Waals surface area contributed by atoms with E-state index in [1.54, 1.807) is 6.08 Å². The second-order valence-electron chi connectivity index (χ2n) is 3.78. The number of rotatable bonds is 1. The van der Waals surface area contributed by atoms with E-state index in [0.717, 1.165) is 6.42 Å². The van der Waals surface area contributed by atoms with E-state index in [0.29, 0.717) is 18.8 Å². The highest BCUT2D eigenvalue weighted by atomic mass is 16.4. The molecule has 3 unspecified atom stereocenters. The summed E-state index contributed by atoms with van der Waals surface area (Å²) in [5.41, 5.74) is -1.05. The minimum Gasteiger partial charge on any atom is -0.481 e. The van der Waals surface area contributed by atoms with Crippen molar-refractivity contribution in [2.24, 2.45) is 11.8 Å². The molecule has 0 radical (unpaired) electrons. The van der Waals surface area contributed by atoms with E-state index in [1.807, 2.05) is 6.08 Å². The molecular weight excluding hydrogens is 156 g/mol. The summed E-state index contributed by atoms with van der Waals surface area (Å²) >= 11 is 0. The molecule has 1 fully saturated rings. The fourth-order valence-electron chi connectivity index (χ4n) is 2.21. The quantitative estimate of drug-likeness (QED) is 0.569. The standard InChI is InChI=1S/C9H12O3/c10-8(11)7-5-6-1-3-9(7,12)4-2-6/h1,3,6-7,12H,2,4-5H2,(H,10,11). The molecule has 0 aromatic carbocycles. The van der Waals surface area contributed by atoms with Crippen LogP contribution in [0.5, 0.6) is 0 Å². The molecule has 0 aromatic heterocycles. The fraction of sp³-hybridized carbons (Fsp3) is 0.667. The molecule has 0 spiro atoms. The van der Waals surface area contributed by atoms with Gasteiger partial charge in [0.1, 0.15) is 0 Å². The van der Waals surface area contributed by atoms with Crippen molar-refractivity contribution in [2.75, 3.05) is 0 Å². The van der Waals surface area contributed by atoms with Gasteiger partial charge in [-0.2, -0.15) is 0 Å². The summed E-state index contributed by atoms with van der Waals surface area (Å²) in [5.74, 6) is -1.08. The van der Waals surface area contributed by atoms with Gasteiger partial charge in [-0.15, -0.1) is 0 Å². The van der Waals surface area contributed by atoms with Crippen LogP contribution in [0.1, 0.15) is 19.3 Å². The van der Waals surface area contributed by atoms with Gasteiger partial charge in [0.2, 0.25) is 0 Å². The van der Waals surface area contributed by atoms with Crippen molar-refractivity contribution in [1.82, 2.24) is 0 Å². The van der Waals surface area contributed by atoms with Crippen molar-refractivity contribution < 1.29 is 15.0 Å². The predicted octanol–water partition coefficient (Wildman–Crippen LogP) is 0.788. The summed E-state index contributed by atoms with van der Waals surface area (Å²) in [6.07, 6.45) is 5.75. The van der Waals surface area contributed by atoms with Gasteiger partial charge in [0.15, 0.2) is 0 Å². The topological polar surface area (TPSA) is 57.5 Å². The summed E-state index contributed by atoms with van der Waals surface area (Å²) in [7, 11) is 0. The van der Waals surface area contributed by atoms with Gasteiger partial charge in [0.25, 0.3) is 0 Å². The van der Waals surface area contributed by atoms with Crippen molar-refractivity contribution in [1.29, 1.82) is 0 Å². The summed E-state index contributed by atoms with van der Waals surface area (Å²) in [6, 6.07) is 0. The van der Waals surface area contributed by atoms with Crippen LogP contribution in [0.4, 0.5) is 0 Å².